The highest BCUT2D eigenvalue weighted by atomic mass is 32.1. The molecule has 0 spiro atoms. The second kappa shape index (κ2) is 3.10. The first-order valence-electron chi connectivity index (χ1n) is 4.38. The van der Waals surface area contributed by atoms with E-state index in [-0.39, 0.29) is 0 Å². The van der Waals surface area contributed by atoms with E-state index in [1.807, 2.05) is 0 Å². The van der Waals surface area contributed by atoms with Crippen LogP contribution in [0.15, 0.2) is 11.7 Å². The highest BCUT2D eigenvalue weighted by molar-refractivity contribution is 7.09. The molecule has 0 aliphatic heterocycles. The van der Waals surface area contributed by atoms with Crippen molar-refractivity contribution in [3.63, 3.8) is 0 Å². The van der Waals surface area contributed by atoms with Gasteiger partial charge in [0, 0.05) is 11.1 Å². The first-order chi connectivity index (χ1) is 6.26. The van der Waals surface area contributed by atoms with E-state index in [0.717, 1.165) is 30.6 Å². The van der Waals surface area contributed by atoms with Crippen LogP contribution in [0.3, 0.4) is 0 Å². The fourth-order valence-electron chi connectivity index (χ4n) is 2.00. The molecular formula is C9H11NO2S. The number of hydrogen-bond donors (Lipinski definition) is 1. The van der Waals surface area contributed by atoms with Crippen LogP contribution in [-0.2, 0) is 10.2 Å². The van der Waals surface area contributed by atoms with Crippen molar-refractivity contribution in [3.8, 4) is 0 Å². The van der Waals surface area contributed by atoms with Gasteiger partial charge in [-0.15, -0.1) is 11.3 Å². The number of aromatic nitrogens is 1. The summed E-state index contributed by atoms with van der Waals surface area (Å²) in [6.07, 6.45) is 5.27. The fraction of sp³-hybridized carbons (Fsp3) is 0.556. The number of carboxylic acid groups (broad SMARTS) is 1. The van der Waals surface area contributed by atoms with Crippen LogP contribution in [0.25, 0.3) is 0 Å². The first kappa shape index (κ1) is 8.69. The van der Waals surface area contributed by atoms with E-state index in [1.165, 1.54) is 11.3 Å². The van der Waals surface area contributed by atoms with Crippen LogP contribution >= 0.6 is 11.3 Å². The summed E-state index contributed by atoms with van der Waals surface area (Å²) >= 11 is 1.46. The lowest BCUT2D eigenvalue weighted by atomic mass is 9.85. The zero-order chi connectivity index (χ0) is 9.31. The Morgan fingerprint density at radius 1 is 1.54 bits per heavy atom. The summed E-state index contributed by atoms with van der Waals surface area (Å²) in [6.45, 7) is 0. The standard InChI is InChI=1S/C9H11NO2S/c11-8(12)9(3-1-2-4-9)7-5-10-6-13-7/h5-6H,1-4H2,(H,11,12). The molecule has 0 atom stereocenters. The van der Waals surface area contributed by atoms with E-state index in [9.17, 15) is 9.90 Å². The quantitative estimate of drug-likeness (QED) is 0.789. The SMILES string of the molecule is O=C(O)C1(c2cncs2)CCCC1. The minimum absolute atomic E-state index is 0.610. The molecule has 1 aliphatic carbocycles. The van der Waals surface area contributed by atoms with Crippen molar-refractivity contribution >= 4 is 17.3 Å². The van der Waals surface area contributed by atoms with Gasteiger partial charge < -0.3 is 5.11 Å². The number of aliphatic carboxylic acids is 1. The molecule has 0 aromatic carbocycles. The Kier molecular flexibility index (Phi) is 2.07. The van der Waals surface area contributed by atoms with Crippen LogP contribution in [0.5, 0.6) is 0 Å². The fourth-order valence-corrected chi connectivity index (χ4v) is 2.87. The second-order valence-corrected chi connectivity index (χ2v) is 4.35. The molecule has 0 saturated heterocycles. The van der Waals surface area contributed by atoms with E-state index in [1.54, 1.807) is 11.7 Å². The van der Waals surface area contributed by atoms with E-state index >= 15 is 0 Å². The predicted octanol–water partition coefficient (Wildman–Crippen LogP) is 2.04. The Morgan fingerprint density at radius 2 is 2.23 bits per heavy atom. The number of carboxylic acids is 1. The Morgan fingerprint density at radius 3 is 2.69 bits per heavy atom. The molecule has 0 unspecified atom stereocenters. The summed E-state index contributed by atoms with van der Waals surface area (Å²) in [4.78, 5) is 16.1. The third-order valence-electron chi connectivity index (χ3n) is 2.77. The summed E-state index contributed by atoms with van der Waals surface area (Å²) in [7, 11) is 0. The van der Waals surface area contributed by atoms with Crippen molar-refractivity contribution in [2.75, 3.05) is 0 Å². The summed E-state index contributed by atoms with van der Waals surface area (Å²) < 4.78 is 0. The number of nitrogens with zero attached hydrogens (tertiary/aromatic N) is 1. The Balaban J connectivity index is 2.39. The molecule has 13 heavy (non-hydrogen) atoms. The summed E-state index contributed by atoms with van der Waals surface area (Å²) in [6, 6.07) is 0. The van der Waals surface area contributed by atoms with Gasteiger partial charge in [0.2, 0.25) is 0 Å². The van der Waals surface area contributed by atoms with Gasteiger partial charge in [0.15, 0.2) is 0 Å². The summed E-state index contributed by atoms with van der Waals surface area (Å²) in [5.41, 5.74) is 1.10. The van der Waals surface area contributed by atoms with Crippen LogP contribution in [-0.4, -0.2) is 16.1 Å². The third-order valence-corrected chi connectivity index (χ3v) is 3.75. The molecule has 1 aliphatic rings. The lowest BCUT2D eigenvalue weighted by molar-refractivity contribution is -0.143. The average Bonchev–Trinajstić information content (AvgIpc) is 2.75. The van der Waals surface area contributed by atoms with Crippen molar-refractivity contribution in [3.05, 3.63) is 16.6 Å². The van der Waals surface area contributed by atoms with E-state index in [4.69, 9.17) is 0 Å². The van der Waals surface area contributed by atoms with Crippen molar-refractivity contribution in [2.24, 2.45) is 0 Å². The number of rotatable bonds is 2. The molecule has 4 heteroatoms. The molecule has 1 saturated carbocycles. The largest absolute Gasteiger partial charge is 0.481 e. The van der Waals surface area contributed by atoms with Crippen molar-refractivity contribution in [1.29, 1.82) is 0 Å². The van der Waals surface area contributed by atoms with Gasteiger partial charge in [-0.3, -0.25) is 9.78 Å². The molecular weight excluding hydrogens is 186 g/mol. The molecule has 70 valence electrons. The zero-order valence-corrected chi connectivity index (χ0v) is 8.01. The van der Waals surface area contributed by atoms with E-state index in [0.29, 0.717) is 0 Å². The first-order valence-corrected chi connectivity index (χ1v) is 5.26. The smallest absolute Gasteiger partial charge is 0.315 e. The molecule has 1 aromatic heterocycles. The van der Waals surface area contributed by atoms with Crippen molar-refractivity contribution in [2.45, 2.75) is 31.1 Å². The predicted molar refractivity (Wildman–Crippen MR) is 49.9 cm³/mol. The Hall–Kier alpha value is -0.900. The number of hydrogen-bond acceptors (Lipinski definition) is 3. The molecule has 1 aromatic rings. The van der Waals surface area contributed by atoms with E-state index < -0.39 is 11.4 Å². The van der Waals surface area contributed by atoms with Gasteiger partial charge in [-0.2, -0.15) is 0 Å². The van der Waals surface area contributed by atoms with Crippen LogP contribution in [0.1, 0.15) is 30.6 Å². The van der Waals surface area contributed by atoms with Gasteiger partial charge in [0.25, 0.3) is 0 Å². The maximum atomic E-state index is 11.2. The third kappa shape index (κ3) is 1.25. The zero-order valence-electron chi connectivity index (χ0n) is 7.19. The normalized spacial score (nSPS) is 20.3. The van der Waals surface area contributed by atoms with Gasteiger partial charge in [-0.05, 0) is 12.8 Å². The van der Waals surface area contributed by atoms with Crippen molar-refractivity contribution < 1.29 is 9.90 Å². The maximum absolute atomic E-state index is 11.2. The van der Waals surface area contributed by atoms with Crippen LogP contribution in [0, 0.1) is 0 Å². The number of carbonyl (C=O) groups is 1. The van der Waals surface area contributed by atoms with Crippen molar-refractivity contribution in [1.82, 2.24) is 4.98 Å². The second-order valence-electron chi connectivity index (χ2n) is 3.46. The van der Waals surface area contributed by atoms with Gasteiger partial charge in [0.1, 0.15) is 5.41 Å². The Labute approximate surface area is 80.4 Å². The highest BCUT2D eigenvalue weighted by Crippen LogP contribution is 2.42. The van der Waals surface area contributed by atoms with E-state index in [2.05, 4.69) is 4.98 Å². The molecule has 2 rings (SSSR count). The van der Waals surface area contributed by atoms with Gasteiger partial charge in [-0.25, -0.2) is 0 Å². The van der Waals surface area contributed by atoms with Crippen LogP contribution in [0.4, 0.5) is 0 Å². The highest BCUT2D eigenvalue weighted by Gasteiger charge is 2.43. The molecule has 0 radical (unpaired) electrons. The molecule has 0 bridgehead atoms. The average molecular weight is 197 g/mol. The molecule has 1 fully saturated rings. The maximum Gasteiger partial charge on any atom is 0.315 e. The molecule has 0 amide bonds. The Bertz CT molecular complexity index is 301. The van der Waals surface area contributed by atoms with Crippen LogP contribution < -0.4 is 0 Å². The molecule has 1 heterocycles. The topological polar surface area (TPSA) is 50.2 Å². The summed E-state index contributed by atoms with van der Waals surface area (Å²) in [5.74, 6) is -0.686. The lowest BCUT2D eigenvalue weighted by Crippen LogP contribution is -2.31. The molecule has 3 nitrogen and oxygen atoms in total. The molecule has 1 N–H and O–H groups in total. The minimum atomic E-state index is -0.686. The lowest BCUT2D eigenvalue weighted by Gasteiger charge is -2.21. The van der Waals surface area contributed by atoms with Gasteiger partial charge in [0.05, 0.1) is 5.51 Å². The summed E-state index contributed by atoms with van der Waals surface area (Å²) in [5, 5.41) is 9.21. The minimum Gasteiger partial charge on any atom is -0.481 e. The van der Waals surface area contributed by atoms with Crippen LogP contribution in [0.2, 0.25) is 0 Å². The number of thiazole rings is 1. The van der Waals surface area contributed by atoms with Gasteiger partial charge in [-0.1, -0.05) is 12.8 Å². The monoisotopic (exact) mass is 197 g/mol. The van der Waals surface area contributed by atoms with Gasteiger partial charge >= 0.3 is 5.97 Å².